The maximum atomic E-state index is 13.4. The molecule has 0 aliphatic carbocycles. The highest BCUT2D eigenvalue weighted by molar-refractivity contribution is 7.91. The molecular formula is C22H26N2O3S. The Morgan fingerprint density at radius 1 is 0.857 bits per heavy atom. The minimum atomic E-state index is -2.88. The maximum Gasteiger partial charge on any atom is 0.234 e. The van der Waals surface area contributed by atoms with Crippen LogP contribution in [0, 0.1) is 0 Å². The van der Waals surface area contributed by atoms with E-state index in [-0.39, 0.29) is 23.6 Å². The van der Waals surface area contributed by atoms with Gasteiger partial charge in [-0.25, -0.2) is 8.42 Å². The van der Waals surface area contributed by atoms with E-state index in [2.05, 4.69) is 4.90 Å². The molecule has 4 rings (SSSR count). The summed E-state index contributed by atoms with van der Waals surface area (Å²) in [7, 11) is -2.88. The van der Waals surface area contributed by atoms with Crippen molar-refractivity contribution in [3.63, 3.8) is 0 Å². The van der Waals surface area contributed by atoms with E-state index in [0.29, 0.717) is 25.3 Å². The van der Waals surface area contributed by atoms with Crippen LogP contribution in [0.4, 0.5) is 0 Å². The zero-order valence-corrected chi connectivity index (χ0v) is 16.7. The highest BCUT2D eigenvalue weighted by Gasteiger charge is 2.35. The molecule has 2 aromatic carbocycles. The lowest BCUT2D eigenvalue weighted by molar-refractivity contribution is -0.133. The molecule has 28 heavy (non-hydrogen) atoms. The van der Waals surface area contributed by atoms with E-state index in [9.17, 15) is 13.2 Å². The van der Waals surface area contributed by atoms with Gasteiger partial charge in [-0.2, -0.15) is 0 Å². The summed E-state index contributed by atoms with van der Waals surface area (Å²) in [6.45, 7) is 2.77. The van der Waals surface area contributed by atoms with E-state index in [0.717, 1.165) is 24.2 Å². The molecule has 0 radical (unpaired) electrons. The number of carbonyl (C=O) groups is 1. The van der Waals surface area contributed by atoms with Gasteiger partial charge in [0.15, 0.2) is 9.84 Å². The molecule has 2 saturated heterocycles. The smallest absolute Gasteiger partial charge is 0.234 e. The van der Waals surface area contributed by atoms with Crippen molar-refractivity contribution < 1.29 is 13.2 Å². The number of nitrogens with zero attached hydrogens (tertiary/aromatic N) is 2. The minimum absolute atomic E-state index is 0.112. The molecule has 2 aliphatic heterocycles. The summed E-state index contributed by atoms with van der Waals surface area (Å²) < 4.78 is 23.5. The summed E-state index contributed by atoms with van der Waals surface area (Å²) in [5, 5.41) is 0. The molecule has 6 heteroatoms. The zero-order valence-electron chi connectivity index (χ0n) is 15.9. The molecule has 0 N–H and O–H groups in total. The molecule has 2 heterocycles. The quantitative estimate of drug-likeness (QED) is 0.792. The van der Waals surface area contributed by atoms with Crippen molar-refractivity contribution in [1.29, 1.82) is 0 Å². The van der Waals surface area contributed by atoms with E-state index < -0.39 is 9.84 Å². The number of carbonyl (C=O) groups excluding carboxylic acids is 1. The SMILES string of the molecule is O=C(C(c1ccccc1)c1ccccc1)N1CCN([C@H]2CCS(=O)(=O)C2)CC1. The summed E-state index contributed by atoms with van der Waals surface area (Å²) in [6, 6.07) is 20.0. The van der Waals surface area contributed by atoms with Crippen molar-refractivity contribution >= 4 is 15.7 Å². The van der Waals surface area contributed by atoms with Crippen LogP contribution < -0.4 is 0 Å². The largest absolute Gasteiger partial charge is 0.339 e. The van der Waals surface area contributed by atoms with Gasteiger partial charge in [0.1, 0.15) is 0 Å². The second kappa shape index (κ2) is 8.05. The van der Waals surface area contributed by atoms with Crippen LogP contribution in [-0.4, -0.2) is 67.9 Å². The average Bonchev–Trinajstić information content (AvgIpc) is 3.10. The lowest BCUT2D eigenvalue weighted by Crippen LogP contribution is -2.53. The number of amides is 1. The third-order valence-corrected chi connectivity index (χ3v) is 7.61. The summed E-state index contributed by atoms with van der Waals surface area (Å²) in [5.41, 5.74) is 2.01. The topological polar surface area (TPSA) is 57.7 Å². The van der Waals surface area contributed by atoms with Crippen molar-refractivity contribution in [2.75, 3.05) is 37.7 Å². The molecule has 2 aromatic rings. The Hall–Kier alpha value is -2.18. The first-order chi connectivity index (χ1) is 13.5. The normalized spacial score (nSPS) is 22.5. The summed E-state index contributed by atoms with van der Waals surface area (Å²) >= 11 is 0. The van der Waals surface area contributed by atoms with Crippen LogP contribution in [0.2, 0.25) is 0 Å². The fourth-order valence-electron chi connectivity index (χ4n) is 4.32. The Balaban J connectivity index is 1.48. The number of benzene rings is 2. The molecule has 5 nitrogen and oxygen atoms in total. The second-order valence-electron chi connectivity index (χ2n) is 7.67. The predicted molar refractivity (Wildman–Crippen MR) is 110 cm³/mol. The van der Waals surface area contributed by atoms with Crippen molar-refractivity contribution in [2.24, 2.45) is 0 Å². The number of hydrogen-bond acceptors (Lipinski definition) is 4. The van der Waals surface area contributed by atoms with Crippen molar-refractivity contribution in [3.05, 3.63) is 71.8 Å². The molecule has 2 aliphatic rings. The molecule has 0 bridgehead atoms. The molecule has 1 atom stereocenters. The summed E-state index contributed by atoms with van der Waals surface area (Å²) in [5.74, 6) is 0.371. The van der Waals surface area contributed by atoms with Gasteiger partial charge in [-0.15, -0.1) is 0 Å². The molecular weight excluding hydrogens is 372 g/mol. The first kappa shape index (κ1) is 19.2. The lowest BCUT2D eigenvalue weighted by Gasteiger charge is -2.39. The van der Waals surface area contributed by atoms with Crippen LogP contribution in [0.5, 0.6) is 0 Å². The Morgan fingerprint density at radius 2 is 1.39 bits per heavy atom. The molecule has 0 aromatic heterocycles. The van der Waals surface area contributed by atoms with E-state index in [1.54, 1.807) is 0 Å². The fourth-order valence-corrected chi connectivity index (χ4v) is 6.08. The molecule has 1 amide bonds. The Morgan fingerprint density at radius 3 is 1.86 bits per heavy atom. The summed E-state index contributed by atoms with van der Waals surface area (Å²) in [6.07, 6.45) is 0.715. The van der Waals surface area contributed by atoms with Gasteiger partial charge in [0.2, 0.25) is 5.91 Å². The van der Waals surface area contributed by atoms with Gasteiger partial charge >= 0.3 is 0 Å². The van der Waals surface area contributed by atoms with Gasteiger partial charge in [-0.1, -0.05) is 60.7 Å². The van der Waals surface area contributed by atoms with Crippen LogP contribution in [0.1, 0.15) is 23.5 Å². The van der Waals surface area contributed by atoms with E-state index in [1.807, 2.05) is 65.6 Å². The van der Waals surface area contributed by atoms with Crippen LogP contribution in [0.3, 0.4) is 0 Å². The van der Waals surface area contributed by atoms with Crippen molar-refractivity contribution in [2.45, 2.75) is 18.4 Å². The number of piperazine rings is 1. The van der Waals surface area contributed by atoms with Gasteiger partial charge in [0.25, 0.3) is 0 Å². The second-order valence-corrected chi connectivity index (χ2v) is 9.90. The Labute approximate surface area is 166 Å². The molecule has 2 fully saturated rings. The Kier molecular flexibility index (Phi) is 5.51. The van der Waals surface area contributed by atoms with E-state index in [1.165, 1.54) is 0 Å². The molecule has 148 valence electrons. The third-order valence-electron chi connectivity index (χ3n) is 5.86. The highest BCUT2D eigenvalue weighted by atomic mass is 32.2. The van der Waals surface area contributed by atoms with Crippen LogP contribution >= 0.6 is 0 Å². The molecule has 0 spiro atoms. The first-order valence-corrected chi connectivity index (χ1v) is 11.7. The first-order valence-electron chi connectivity index (χ1n) is 9.87. The van der Waals surface area contributed by atoms with Gasteiger partial charge < -0.3 is 4.90 Å². The molecule has 0 unspecified atom stereocenters. The average molecular weight is 399 g/mol. The number of sulfone groups is 1. The lowest BCUT2D eigenvalue weighted by atomic mass is 9.90. The molecule has 0 saturated carbocycles. The van der Waals surface area contributed by atoms with Crippen LogP contribution in [0.15, 0.2) is 60.7 Å². The van der Waals surface area contributed by atoms with Crippen LogP contribution in [0.25, 0.3) is 0 Å². The van der Waals surface area contributed by atoms with E-state index in [4.69, 9.17) is 0 Å². The van der Waals surface area contributed by atoms with Gasteiger partial charge in [-0.3, -0.25) is 9.69 Å². The zero-order chi connectivity index (χ0) is 19.6. The number of hydrogen-bond donors (Lipinski definition) is 0. The fraction of sp³-hybridized carbons (Fsp3) is 0.409. The van der Waals surface area contributed by atoms with Crippen molar-refractivity contribution in [1.82, 2.24) is 9.80 Å². The van der Waals surface area contributed by atoms with Gasteiger partial charge in [0.05, 0.1) is 17.4 Å². The van der Waals surface area contributed by atoms with Gasteiger partial charge in [-0.05, 0) is 17.5 Å². The maximum absolute atomic E-state index is 13.4. The standard InChI is InChI=1S/C22H26N2O3S/c25-22(21(18-7-3-1-4-8-18)19-9-5-2-6-10-19)24-14-12-23(13-15-24)20-11-16-28(26,27)17-20/h1-10,20-21H,11-17H2/t20-/m0/s1. The monoisotopic (exact) mass is 398 g/mol. The predicted octanol–water partition coefficient (Wildman–Crippen LogP) is 2.15. The van der Waals surface area contributed by atoms with Gasteiger partial charge in [0, 0.05) is 32.2 Å². The number of rotatable bonds is 4. The van der Waals surface area contributed by atoms with E-state index >= 15 is 0 Å². The Bertz CT molecular complexity index is 868. The minimum Gasteiger partial charge on any atom is -0.339 e. The third kappa shape index (κ3) is 4.13. The van der Waals surface area contributed by atoms with Crippen molar-refractivity contribution in [3.8, 4) is 0 Å². The highest BCUT2D eigenvalue weighted by Crippen LogP contribution is 2.28. The van der Waals surface area contributed by atoms with Crippen LogP contribution in [-0.2, 0) is 14.6 Å². The summed E-state index contributed by atoms with van der Waals surface area (Å²) in [4.78, 5) is 17.6.